The highest BCUT2D eigenvalue weighted by atomic mass is 16.5. The van der Waals surface area contributed by atoms with Gasteiger partial charge >= 0.3 is 0 Å². The molecule has 2 aromatic rings. The van der Waals surface area contributed by atoms with Crippen LogP contribution < -0.4 is 10.1 Å². The molecule has 31 heavy (non-hydrogen) atoms. The van der Waals surface area contributed by atoms with Crippen molar-refractivity contribution < 1.29 is 14.6 Å². The van der Waals surface area contributed by atoms with Crippen LogP contribution in [0.4, 0.5) is 0 Å². The molecule has 1 aliphatic heterocycles. The fraction of sp³-hybridized carbons (Fsp3) is 0.500. The number of nitrogens with one attached hydrogen (secondary N) is 1. The summed E-state index contributed by atoms with van der Waals surface area (Å²) < 4.78 is 6.14. The summed E-state index contributed by atoms with van der Waals surface area (Å²) in [6, 6.07) is 14.5. The van der Waals surface area contributed by atoms with Gasteiger partial charge in [-0.25, -0.2) is 0 Å². The number of benzene rings is 2. The van der Waals surface area contributed by atoms with Crippen LogP contribution in [0, 0.1) is 5.92 Å². The topological polar surface area (TPSA) is 61.8 Å². The monoisotopic (exact) mass is 422 g/mol. The second-order valence-corrected chi connectivity index (χ2v) is 8.89. The van der Waals surface area contributed by atoms with Crippen molar-refractivity contribution in [1.29, 1.82) is 0 Å². The fourth-order valence-corrected chi connectivity index (χ4v) is 4.28. The Morgan fingerprint density at radius 1 is 1.10 bits per heavy atom. The molecule has 4 rings (SSSR count). The Kier molecular flexibility index (Phi) is 7.60. The van der Waals surface area contributed by atoms with E-state index in [0.717, 1.165) is 49.6 Å². The van der Waals surface area contributed by atoms with Crippen molar-refractivity contribution in [2.24, 2.45) is 5.92 Å². The molecule has 1 saturated carbocycles. The predicted octanol–water partition coefficient (Wildman–Crippen LogP) is 3.77. The number of nitrogens with zero attached hydrogens (tertiary/aromatic N) is 1. The molecule has 0 atom stereocenters. The van der Waals surface area contributed by atoms with Gasteiger partial charge in [0.2, 0.25) is 0 Å². The highest BCUT2D eigenvalue weighted by Gasteiger charge is 2.24. The minimum Gasteiger partial charge on any atom is -0.493 e. The van der Waals surface area contributed by atoms with E-state index in [-0.39, 0.29) is 19.1 Å². The summed E-state index contributed by atoms with van der Waals surface area (Å²) in [5.41, 5.74) is 4.22. The second-order valence-electron chi connectivity index (χ2n) is 8.89. The Morgan fingerprint density at radius 2 is 1.97 bits per heavy atom. The summed E-state index contributed by atoms with van der Waals surface area (Å²) in [6.07, 6.45) is 6.91. The van der Waals surface area contributed by atoms with Gasteiger partial charge in [0.25, 0.3) is 5.91 Å². The van der Waals surface area contributed by atoms with Crippen molar-refractivity contribution in [3.05, 3.63) is 64.7 Å². The minimum absolute atomic E-state index is 0.0651. The van der Waals surface area contributed by atoms with E-state index in [1.165, 1.54) is 36.9 Å². The Labute approximate surface area is 185 Å². The third-order valence-electron chi connectivity index (χ3n) is 6.10. The maximum atomic E-state index is 12.4. The summed E-state index contributed by atoms with van der Waals surface area (Å²) in [5, 5.41) is 11.7. The summed E-state index contributed by atoms with van der Waals surface area (Å²) in [5.74, 6) is 1.59. The fourth-order valence-electron chi connectivity index (χ4n) is 4.28. The van der Waals surface area contributed by atoms with Gasteiger partial charge in [-0.05, 0) is 79.5 Å². The van der Waals surface area contributed by atoms with Gasteiger partial charge in [-0.1, -0.05) is 24.3 Å². The smallest absolute Gasteiger partial charge is 0.251 e. The van der Waals surface area contributed by atoms with Gasteiger partial charge in [0, 0.05) is 31.6 Å². The molecule has 0 spiro atoms. The maximum absolute atomic E-state index is 12.4. The normalized spacial score (nSPS) is 17.8. The minimum atomic E-state index is -0.166. The van der Waals surface area contributed by atoms with Crippen molar-refractivity contribution in [1.82, 2.24) is 10.2 Å². The predicted molar refractivity (Wildman–Crippen MR) is 122 cm³/mol. The lowest BCUT2D eigenvalue weighted by atomic mass is 9.99. The molecule has 1 aliphatic carbocycles. The summed E-state index contributed by atoms with van der Waals surface area (Å²) >= 11 is 0. The molecule has 0 saturated heterocycles. The zero-order valence-electron chi connectivity index (χ0n) is 18.3. The Bertz CT molecular complexity index is 879. The zero-order chi connectivity index (χ0) is 21.5. The standard InChI is InChI=1S/C26H34N2O3/c29-13-11-27-26(30)23-9-10-25-24(17-23)16-21-5-4-6-22(15-21)19-28(18-20-7-8-20)12-2-1-3-14-31-25/h4-6,9-10,15,17,20,29H,1-3,7-8,11-14,16,18-19H2,(H,27,30). The highest BCUT2D eigenvalue weighted by Crippen LogP contribution is 2.31. The van der Waals surface area contributed by atoms with Gasteiger partial charge in [-0.3, -0.25) is 9.69 Å². The number of amides is 1. The van der Waals surface area contributed by atoms with Crippen LogP contribution in [0.15, 0.2) is 42.5 Å². The molecule has 5 nitrogen and oxygen atoms in total. The quantitative estimate of drug-likeness (QED) is 0.770. The summed E-state index contributed by atoms with van der Waals surface area (Å²) in [7, 11) is 0. The van der Waals surface area contributed by atoms with Crippen molar-refractivity contribution in [3.8, 4) is 5.75 Å². The van der Waals surface area contributed by atoms with E-state index in [9.17, 15) is 4.79 Å². The average Bonchev–Trinajstić information content (AvgIpc) is 3.59. The average molecular weight is 423 g/mol. The molecular formula is C26H34N2O3. The number of hydrogen-bond acceptors (Lipinski definition) is 4. The van der Waals surface area contributed by atoms with Gasteiger partial charge in [0.1, 0.15) is 5.75 Å². The van der Waals surface area contributed by atoms with Crippen molar-refractivity contribution in [2.45, 2.75) is 45.1 Å². The number of carbonyl (C=O) groups excluding carboxylic acids is 1. The molecule has 2 N–H and O–H groups in total. The first-order chi connectivity index (χ1) is 15.2. The third-order valence-corrected chi connectivity index (χ3v) is 6.10. The molecule has 5 heteroatoms. The first-order valence-corrected chi connectivity index (χ1v) is 11.7. The number of ether oxygens (including phenoxy) is 1. The molecule has 0 radical (unpaired) electrons. The largest absolute Gasteiger partial charge is 0.493 e. The van der Waals surface area contributed by atoms with Crippen molar-refractivity contribution in [3.63, 3.8) is 0 Å². The van der Waals surface area contributed by atoms with E-state index in [2.05, 4.69) is 34.5 Å². The Hall–Kier alpha value is -2.37. The first kappa shape index (κ1) is 21.8. The van der Waals surface area contributed by atoms with Gasteiger partial charge in [-0.2, -0.15) is 0 Å². The zero-order valence-corrected chi connectivity index (χ0v) is 18.3. The summed E-state index contributed by atoms with van der Waals surface area (Å²) in [6.45, 7) is 4.28. The van der Waals surface area contributed by atoms with Crippen LogP contribution in [0.2, 0.25) is 0 Å². The molecule has 166 valence electrons. The molecule has 2 aliphatic rings. The molecule has 1 fully saturated rings. The van der Waals surface area contributed by atoms with E-state index < -0.39 is 0 Å². The Balaban J connectivity index is 1.57. The van der Waals surface area contributed by atoms with Crippen LogP contribution in [0.5, 0.6) is 5.75 Å². The maximum Gasteiger partial charge on any atom is 0.251 e. The summed E-state index contributed by atoms with van der Waals surface area (Å²) in [4.78, 5) is 15.0. The third kappa shape index (κ3) is 6.55. The van der Waals surface area contributed by atoms with Crippen LogP contribution in [0.25, 0.3) is 0 Å². The van der Waals surface area contributed by atoms with E-state index >= 15 is 0 Å². The molecule has 2 aromatic carbocycles. The van der Waals surface area contributed by atoms with Crippen LogP contribution in [-0.4, -0.2) is 48.8 Å². The van der Waals surface area contributed by atoms with Gasteiger partial charge in [0.15, 0.2) is 0 Å². The molecular weight excluding hydrogens is 388 g/mol. The van der Waals surface area contributed by atoms with E-state index in [1.807, 2.05) is 12.1 Å². The molecule has 2 bridgehead atoms. The van der Waals surface area contributed by atoms with Crippen molar-refractivity contribution in [2.75, 3.05) is 32.8 Å². The number of carbonyl (C=O) groups is 1. The van der Waals surface area contributed by atoms with Gasteiger partial charge < -0.3 is 15.2 Å². The van der Waals surface area contributed by atoms with E-state index in [0.29, 0.717) is 12.2 Å². The number of rotatable bonds is 5. The van der Waals surface area contributed by atoms with Crippen molar-refractivity contribution >= 4 is 5.91 Å². The van der Waals surface area contributed by atoms with Crippen LogP contribution in [0.1, 0.15) is 59.2 Å². The molecule has 1 heterocycles. The Morgan fingerprint density at radius 3 is 2.81 bits per heavy atom. The molecule has 1 amide bonds. The van der Waals surface area contributed by atoms with Gasteiger partial charge in [0.05, 0.1) is 13.2 Å². The number of fused-ring (bicyclic) bond motifs is 3. The first-order valence-electron chi connectivity index (χ1n) is 11.7. The highest BCUT2D eigenvalue weighted by molar-refractivity contribution is 5.94. The second kappa shape index (κ2) is 10.8. The van der Waals surface area contributed by atoms with E-state index in [1.54, 1.807) is 6.07 Å². The number of aliphatic hydroxyl groups excluding tert-OH is 1. The van der Waals surface area contributed by atoms with Crippen LogP contribution in [-0.2, 0) is 13.0 Å². The molecule has 0 aromatic heterocycles. The number of aliphatic hydroxyl groups is 1. The lowest BCUT2D eigenvalue weighted by Crippen LogP contribution is -2.27. The SMILES string of the molecule is O=C(NCCO)c1ccc2c(c1)Cc1cccc(c1)CN(CC1CC1)CCCCCO2. The molecule has 0 unspecified atom stereocenters. The lowest BCUT2D eigenvalue weighted by molar-refractivity contribution is 0.0944. The van der Waals surface area contributed by atoms with E-state index in [4.69, 9.17) is 9.84 Å². The van der Waals surface area contributed by atoms with Gasteiger partial charge in [-0.15, -0.1) is 0 Å². The number of hydrogen-bond donors (Lipinski definition) is 2. The van der Waals surface area contributed by atoms with Crippen LogP contribution in [0.3, 0.4) is 0 Å². The lowest BCUT2D eigenvalue weighted by Gasteiger charge is -2.23. The van der Waals surface area contributed by atoms with Crippen LogP contribution >= 0.6 is 0 Å².